The number of hydrogen-bond acceptors (Lipinski definition) is 2. The standard InChI is InChI=1S/C24H27N3O2/c1-16-10-9-11-17(2)23(16)25-22(28)15-26(5)24(29)21-14-18(3)27(19(21)4)20-12-7-6-8-13-20/h6-14H,15H2,1-5H3,(H,25,28). The van der Waals surface area contributed by atoms with Crippen LogP contribution in [0.2, 0.25) is 0 Å². The molecule has 0 aliphatic rings. The first-order valence-corrected chi connectivity index (χ1v) is 9.65. The molecule has 3 aromatic rings. The lowest BCUT2D eigenvalue weighted by atomic mass is 10.1. The van der Waals surface area contributed by atoms with Crippen LogP contribution in [0.1, 0.15) is 32.9 Å². The van der Waals surface area contributed by atoms with Gasteiger partial charge in [-0.2, -0.15) is 0 Å². The molecule has 5 nitrogen and oxygen atoms in total. The molecule has 0 radical (unpaired) electrons. The number of carbonyl (C=O) groups is 2. The third kappa shape index (κ3) is 4.24. The number of benzene rings is 2. The van der Waals surface area contributed by atoms with Crippen molar-refractivity contribution in [2.45, 2.75) is 27.7 Å². The van der Waals surface area contributed by atoms with Crippen molar-refractivity contribution in [3.8, 4) is 5.69 Å². The SMILES string of the molecule is Cc1cccc(C)c1NC(=O)CN(C)C(=O)c1cc(C)n(-c2ccccc2)c1C. The van der Waals surface area contributed by atoms with E-state index >= 15 is 0 Å². The van der Waals surface area contributed by atoms with Gasteiger partial charge in [-0.3, -0.25) is 9.59 Å². The quantitative estimate of drug-likeness (QED) is 0.702. The average Bonchev–Trinajstić information content (AvgIpc) is 2.99. The Labute approximate surface area is 172 Å². The Morgan fingerprint density at radius 3 is 2.17 bits per heavy atom. The molecule has 5 heteroatoms. The van der Waals surface area contributed by atoms with Crippen LogP contribution in [0.15, 0.2) is 54.6 Å². The van der Waals surface area contributed by atoms with Gasteiger partial charge in [0.25, 0.3) is 5.91 Å². The summed E-state index contributed by atoms with van der Waals surface area (Å²) in [4.78, 5) is 27.0. The summed E-state index contributed by atoms with van der Waals surface area (Å²) in [6.07, 6.45) is 0. The minimum absolute atomic E-state index is 0.0123. The van der Waals surface area contributed by atoms with Crippen LogP contribution >= 0.6 is 0 Å². The van der Waals surface area contributed by atoms with Crippen LogP contribution in [-0.4, -0.2) is 34.9 Å². The average molecular weight is 389 g/mol. The second kappa shape index (κ2) is 8.35. The summed E-state index contributed by atoms with van der Waals surface area (Å²) in [6, 6.07) is 17.7. The number of amides is 2. The smallest absolute Gasteiger partial charge is 0.255 e. The van der Waals surface area contributed by atoms with E-state index in [-0.39, 0.29) is 18.4 Å². The first kappa shape index (κ1) is 20.4. The molecule has 1 aromatic heterocycles. The van der Waals surface area contributed by atoms with Crippen molar-refractivity contribution in [1.29, 1.82) is 0 Å². The Morgan fingerprint density at radius 1 is 0.931 bits per heavy atom. The van der Waals surface area contributed by atoms with E-state index in [4.69, 9.17) is 0 Å². The summed E-state index contributed by atoms with van der Waals surface area (Å²) in [6.45, 7) is 7.80. The maximum Gasteiger partial charge on any atom is 0.255 e. The van der Waals surface area contributed by atoms with E-state index in [2.05, 4.69) is 9.88 Å². The van der Waals surface area contributed by atoms with Gasteiger partial charge in [0.2, 0.25) is 5.91 Å². The van der Waals surface area contributed by atoms with Gasteiger partial charge in [-0.25, -0.2) is 0 Å². The molecule has 2 amide bonds. The highest BCUT2D eigenvalue weighted by atomic mass is 16.2. The fourth-order valence-electron chi connectivity index (χ4n) is 3.64. The van der Waals surface area contributed by atoms with Gasteiger partial charge >= 0.3 is 0 Å². The number of anilines is 1. The monoisotopic (exact) mass is 389 g/mol. The zero-order chi connectivity index (χ0) is 21.1. The Hall–Kier alpha value is -3.34. The zero-order valence-corrected chi connectivity index (χ0v) is 17.6. The minimum atomic E-state index is -0.213. The van der Waals surface area contributed by atoms with Gasteiger partial charge in [-0.15, -0.1) is 0 Å². The number of hydrogen-bond donors (Lipinski definition) is 1. The van der Waals surface area contributed by atoms with Crippen LogP contribution in [0.25, 0.3) is 5.69 Å². The molecule has 1 heterocycles. The summed E-state index contributed by atoms with van der Waals surface area (Å²) >= 11 is 0. The van der Waals surface area contributed by atoms with Crippen LogP contribution < -0.4 is 5.32 Å². The number of carbonyl (C=O) groups excluding carboxylic acids is 2. The van der Waals surface area contributed by atoms with Crippen LogP contribution in [0, 0.1) is 27.7 Å². The maximum atomic E-state index is 13.0. The molecule has 1 N–H and O–H groups in total. The predicted octanol–water partition coefficient (Wildman–Crippen LogP) is 4.42. The summed E-state index contributed by atoms with van der Waals surface area (Å²) in [7, 11) is 1.65. The number of para-hydroxylation sites is 2. The minimum Gasteiger partial charge on any atom is -0.332 e. The first-order valence-electron chi connectivity index (χ1n) is 9.65. The summed E-state index contributed by atoms with van der Waals surface area (Å²) in [5.41, 5.74) is 6.26. The number of aryl methyl sites for hydroxylation is 3. The Morgan fingerprint density at radius 2 is 1.55 bits per heavy atom. The molecule has 2 aromatic carbocycles. The molecule has 0 saturated carbocycles. The topological polar surface area (TPSA) is 54.3 Å². The van der Waals surface area contributed by atoms with Crippen LogP contribution in [0.3, 0.4) is 0 Å². The van der Waals surface area contributed by atoms with Gasteiger partial charge in [-0.1, -0.05) is 36.4 Å². The largest absolute Gasteiger partial charge is 0.332 e. The van der Waals surface area contributed by atoms with E-state index in [1.807, 2.05) is 82.3 Å². The molecule has 0 aliphatic carbocycles. The van der Waals surface area contributed by atoms with Crippen molar-refractivity contribution < 1.29 is 9.59 Å². The predicted molar refractivity (Wildman–Crippen MR) is 117 cm³/mol. The molecular formula is C24H27N3O2. The molecule has 3 rings (SSSR count). The molecule has 0 unspecified atom stereocenters. The highest BCUT2D eigenvalue weighted by Crippen LogP contribution is 2.22. The zero-order valence-electron chi connectivity index (χ0n) is 17.6. The molecule has 0 atom stereocenters. The molecule has 0 aliphatic heterocycles. The third-order valence-electron chi connectivity index (χ3n) is 5.15. The van der Waals surface area contributed by atoms with E-state index in [1.54, 1.807) is 7.05 Å². The fourth-order valence-corrected chi connectivity index (χ4v) is 3.64. The van der Waals surface area contributed by atoms with Crippen molar-refractivity contribution in [1.82, 2.24) is 9.47 Å². The lowest BCUT2D eigenvalue weighted by Crippen LogP contribution is -2.35. The van der Waals surface area contributed by atoms with E-state index < -0.39 is 0 Å². The fraction of sp³-hybridized carbons (Fsp3) is 0.250. The number of nitrogens with zero attached hydrogens (tertiary/aromatic N) is 2. The van der Waals surface area contributed by atoms with Crippen molar-refractivity contribution in [2.24, 2.45) is 0 Å². The van der Waals surface area contributed by atoms with Crippen molar-refractivity contribution in [3.63, 3.8) is 0 Å². The van der Waals surface area contributed by atoms with E-state index in [0.717, 1.165) is 33.9 Å². The molecular weight excluding hydrogens is 362 g/mol. The Bertz CT molecular complexity index is 1030. The number of rotatable bonds is 5. The van der Waals surface area contributed by atoms with Gasteiger partial charge < -0.3 is 14.8 Å². The lowest BCUT2D eigenvalue weighted by Gasteiger charge is -2.18. The highest BCUT2D eigenvalue weighted by molar-refractivity contribution is 6.00. The maximum absolute atomic E-state index is 13.0. The second-order valence-electron chi connectivity index (χ2n) is 7.43. The van der Waals surface area contributed by atoms with Crippen molar-refractivity contribution in [2.75, 3.05) is 18.9 Å². The second-order valence-corrected chi connectivity index (χ2v) is 7.43. The van der Waals surface area contributed by atoms with Crippen LogP contribution in [0.5, 0.6) is 0 Å². The first-order chi connectivity index (χ1) is 13.8. The van der Waals surface area contributed by atoms with Gasteiger partial charge in [0, 0.05) is 29.8 Å². The third-order valence-corrected chi connectivity index (χ3v) is 5.15. The van der Waals surface area contributed by atoms with Gasteiger partial charge in [0.1, 0.15) is 0 Å². The van der Waals surface area contributed by atoms with Crippen LogP contribution in [-0.2, 0) is 4.79 Å². The summed E-state index contributed by atoms with van der Waals surface area (Å²) in [5, 5.41) is 2.93. The molecule has 0 bridgehead atoms. The summed E-state index contributed by atoms with van der Waals surface area (Å²) < 4.78 is 2.05. The normalized spacial score (nSPS) is 10.7. The molecule has 150 valence electrons. The summed E-state index contributed by atoms with van der Waals surface area (Å²) in [5.74, 6) is -0.382. The molecule has 0 spiro atoms. The Balaban J connectivity index is 1.76. The van der Waals surface area contributed by atoms with Gasteiger partial charge in [0.15, 0.2) is 0 Å². The number of likely N-dealkylation sites (N-methyl/N-ethyl adjacent to an activating group) is 1. The van der Waals surface area contributed by atoms with Crippen molar-refractivity contribution >= 4 is 17.5 Å². The van der Waals surface area contributed by atoms with Gasteiger partial charge in [0.05, 0.1) is 12.1 Å². The highest BCUT2D eigenvalue weighted by Gasteiger charge is 2.21. The molecule has 0 fully saturated rings. The lowest BCUT2D eigenvalue weighted by molar-refractivity contribution is -0.116. The van der Waals surface area contributed by atoms with Crippen molar-refractivity contribution in [3.05, 3.63) is 82.7 Å². The Kier molecular flexibility index (Phi) is 5.87. The van der Waals surface area contributed by atoms with Gasteiger partial charge in [-0.05, 0) is 57.0 Å². The molecule has 29 heavy (non-hydrogen) atoms. The van der Waals surface area contributed by atoms with E-state index in [9.17, 15) is 9.59 Å². The van der Waals surface area contributed by atoms with Crippen LogP contribution in [0.4, 0.5) is 5.69 Å². The van der Waals surface area contributed by atoms with E-state index in [1.165, 1.54) is 4.90 Å². The molecule has 0 saturated heterocycles. The van der Waals surface area contributed by atoms with E-state index in [0.29, 0.717) is 5.56 Å². The number of aromatic nitrogens is 1. The number of nitrogens with one attached hydrogen (secondary N) is 1.